The fourth-order valence-corrected chi connectivity index (χ4v) is 2.72. The smallest absolute Gasteiger partial charge is 0.270 e. The molecule has 6 heteroatoms. The highest BCUT2D eigenvalue weighted by Crippen LogP contribution is 2.24. The van der Waals surface area contributed by atoms with Crippen molar-refractivity contribution in [3.8, 4) is 5.75 Å². The molecule has 27 heavy (non-hydrogen) atoms. The van der Waals surface area contributed by atoms with Gasteiger partial charge in [-0.2, -0.15) is 0 Å². The van der Waals surface area contributed by atoms with Crippen molar-refractivity contribution in [1.82, 2.24) is 0 Å². The third-order valence-corrected chi connectivity index (χ3v) is 4.12. The minimum absolute atomic E-state index is 0.116. The standard InChI is InChI=1S/C21H18N2O4/c1-27-20-12-10-18(11-13-20)22(15-16-6-3-2-4-7-16)21(24)17-8-5-9-19(14-17)23(25)26/h2-14H,15H2,1H3. The number of anilines is 1. The average Bonchev–Trinajstić information content (AvgIpc) is 2.72. The van der Waals surface area contributed by atoms with Crippen LogP contribution < -0.4 is 9.64 Å². The van der Waals surface area contributed by atoms with Gasteiger partial charge in [0.05, 0.1) is 18.6 Å². The van der Waals surface area contributed by atoms with Crippen molar-refractivity contribution in [2.75, 3.05) is 12.0 Å². The lowest BCUT2D eigenvalue weighted by atomic mass is 10.1. The van der Waals surface area contributed by atoms with Crippen molar-refractivity contribution >= 4 is 17.3 Å². The molecule has 0 spiro atoms. The second-order valence-electron chi connectivity index (χ2n) is 5.88. The van der Waals surface area contributed by atoms with Gasteiger partial charge >= 0.3 is 0 Å². The van der Waals surface area contributed by atoms with Crippen LogP contribution in [0.2, 0.25) is 0 Å². The summed E-state index contributed by atoms with van der Waals surface area (Å²) in [4.78, 5) is 25.3. The summed E-state index contributed by atoms with van der Waals surface area (Å²) in [6.07, 6.45) is 0. The number of rotatable bonds is 6. The highest BCUT2D eigenvalue weighted by atomic mass is 16.6. The molecule has 0 unspecified atom stereocenters. The molecule has 0 N–H and O–H groups in total. The van der Waals surface area contributed by atoms with Gasteiger partial charge in [-0.1, -0.05) is 36.4 Å². The molecule has 0 atom stereocenters. The number of amides is 1. The van der Waals surface area contributed by atoms with Gasteiger partial charge in [0.2, 0.25) is 0 Å². The Bertz CT molecular complexity index is 940. The van der Waals surface area contributed by atoms with Crippen LogP contribution in [-0.2, 0) is 6.54 Å². The molecule has 0 fully saturated rings. The number of nitrogens with zero attached hydrogens (tertiary/aromatic N) is 2. The Hall–Kier alpha value is -3.67. The van der Waals surface area contributed by atoms with Gasteiger partial charge in [0.1, 0.15) is 5.75 Å². The number of ether oxygens (including phenoxy) is 1. The van der Waals surface area contributed by atoms with E-state index in [9.17, 15) is 14.9 Å². The number of hydrogen-bond acceptors (Lipinski definition) is 4. The summed E-state index contributed by atoms with van der Waals surface area (Å²) in [5.74, 6) is 0.369. The van der Waals surface area contributed by atoms with Crippen LogP contribution in [0.3, 0.4) is 0 Å². The molecule has 3 aromatic rings. The lowest BCUT2D eigenvalue weighted by molar-refractivity contribution is -0.384. The van der Waals surface area contributed by atoms with Crippen LogP contribution in [0.15, 0.2) is 78.9 Å². The zero-order valence-electron chi connectivity index (χ0n) is 14.7. The van der Waals surface area contributed by atoms with Crippen LogP contribution >= 0.6 is 0 Å². The fraction of sp³-hybridized carbons (Fsp3) is 0.0952. The molecular formula is C21H18N2O4. The van der Waals surface area contributed by atoms with Crippen molar-refractivity contribution in [3.63, 3.8) is 0 Å². The van der Waals surface area contributed by atoms with E-state index in [1.807, 2.05) is 30.3 Å². The number of hydrogen-bond donors (Lipinski definition) is 0. The molecule has 136 valence electrons. The third-order valence-electron chi connectivity index (χ3n) is 4.12. The molecule has 0 heterocycles. The zero-order valence-corrected chi connectivity index (χ0v) is 14.7. The average molecular weight is 362 g/mol. The molecule has 0 aliphatic carbocycles. The molecule has 0 aliphatic rings. The summed E-state index contributed by atoms with van der Waals surface area (Å²) in [5, 5.41) is 11.0. The number of benzene rings is 3. The van der Waals surface area contributed by atoms with Gasteiger partial charge in [0.25, 0.3) is 11.6 Å². The van der Waals surface area contributed by atoms with Gasteiger partial charge in [-0.05, 0) is 35.9 Å². The number of carbonyl (C=O) groups is 1. The number of nitro benzene ring substituents is 1. The van der Waals surface area contributed by atoms with Gasteiger partial charge in [0, 0.05) is 23.4 Å². The van der Waals surface area contributed by atoms with E-state index in [0.717, 1.165) is 5.56 Å². The first-order valence-electron chi connectivity index (χ1n) is 8.33. The molecule has 0 saturated heterocycles. The Balaban J connectivity index is 1.98. The Morgan fingerprint density at radius 3 is 2.33 bits per heavy atom. The first-order valence-corrected chi connectivity index (χ1v) is 8.33. The lowest BCUT2D eigenvalue weighted by Gasteiger charge is -2.23. The van der Waals surface area contributed by atoms with Crippen molar-refractivity contribution in [3.05, 3.63) is 100 Å². The van der Waals surface area contributed by atoms with E-state index < -0.39 is 4.92 Å². The van der Waals surface area contributed by atoms with Crippen molar-refractivity contribution in [2.45, 2.75) is 6.54 Å². The van der Waals surface area contributed by atoms with Gasteiger partial charge in [0.15, 0.2) is 0 Å². The lowest BCUT2D eigenvalue weighted by Crippen LogP contribution is -2.30. The van der Waals surface area contributed by atoms with E-state index in [2.05, 4.69) is 0 Å². The largest absolute Gasteiger partial charge is 0.497 e. The van der Waals surface area contributed by atoms with E-state index in [-0.39, 0.29) is 17.2 Å². The summed E-state index contributed by atoms with van der Waals surface area (Å²) in [5.41, 5.74) is 1.77. The molecule has 0 bridgehead atoms. The van der Waals surface area contributed by atoms with Crippen LogP contribution in [-0.4, -0.2) is 17.9 Å². The number of nitro groups is 1. The highest BCUT2D eigenvalue weighted by molar-refractivity contribution is 6.06. The molecule has 0 saturated carbocycles. The SMILES string of the molecule is COc1ccc(N(Cc2ccccc2)C(=O)c2cccc([N+](=O)[O-])c2)cc1. The Morgan fingerprint density at radius 2 is 1.70 bits per heavy atom. The van der Waals surface area contributed by atoms with Crippen LogP contribution in [0.5, 0.6) is 5.75 Å². The molecular weight excluding hydrogens is 344 g/mol. The Morgan fingerprint density at radius 1 is 1.00 bits per heavy atom. The maximum Gasteiger partial charge on any atom is 0.270 e. The maximum atomic E-state index is 13.2. The van der Waals surface area contributed by atoms with Crippen LogP contribution in [0, 0.1) is 10.1 Å². The Kier molecular flexibility index (Phi) is 5.47. The predicted molar refractivity (Wildman–Crippen MR) is 103 cm³/mol. The van der Waals surface area contributed by atoms with E-state index >= 15 is 0 Å². The predicted octanol–water partition coefficient (Wildman–Crippen LogP) is 4.45. The third kappa shape index (κ3) is 4.30. The van der Waals surface area contributed by atoms with E-state index in [0.29, 0.717) is 18.0 Å². The molecule has 3 aromatic carbocycles. The van der Waals surface area contributed by atoms with E-state index in [4.69, 9.17) is 4.74 Å². The molecule has 0 aromatic heterocycles. The quantitative estimate of drug-likeness (QED) is 0.480. The van der Waals surface area contributed by atoms with Crippen molar-refractivity contribution < 1.29 is 14.5 Å². The molecule has 0 radical (unpaired) electrons. The van der Waals surface area contributed by atoms with Crippen molar-refractivity contribution in [1.29, 1.82) is 0 Å². The molecule has 0 aliphatic heterocycles. The minimum atomic E-state index is -0.508. The van der Waals surface area contributed by atoms with E-state index in [1.54, 1.807) is 42.3 Å². The summed E-state index contributed by atoms with van der Waals surface area (Å²) in [6, 6.07) is 22.4. The second-order valence-corrected chi connectivity index (χ2v) is 5.88. The van der Waals surface area contributed by atoms with Gasteiger partial charge < -0.3 is 9.64 Å². The van der Waals surface area contributed by atoms with E-state index in [1.165, 1.54) is 18.2 Å². The van der Waals surface area contributed by atoms with Gasteiger partial charge in [-0.3, -0.25) is 14.9 Å². The maximum absolute atomic E-state index is 13.2. The zero-order chi connectivity index (χ0) is 19.2. The second kappa shape index (κ2) is 8.14. The van der Waals surface area contributed by atoms with Crippen molar-refractivity contribution in [2.24, 2.45) is 0 Å². The monoisotopic (exact) mass is 362 g/mol. The first-order chi connectivity index (χ1) is 13.1. The summed E-state index contributed by atoms with van der Waals surface area (Å²) in [6.45, 7) is 0.342. The molecule has 6 nitrogen and oxygen atoms in total. The topological polar surface area (TPSA) is 72.7 Å². The number of non-ortho nitro benzene ring substituents is 1. The van der Waals surface area contributed by atoms with Gasteiger partial charge in [-0.25, -0.2) is 0 Å². The van der Waals surface area contributed by atoms with Crippen LogP contribution in [0.1, 0.15) is 15.9 Å². The first kappa shape index (κ1) is 18.1. The van der Waals surface area contributed by atoms with Crippen LogP contribution in [0.25, 0.3) is 0 Å². The normalized spacial score (nSPS) is 10.3. The summed E-state index contributed by atoms with van der Waals surface area (Å²) < 4.78 is 5.18. The number of methoxy groups -OCH3 is 1. The molecule has 3 rings (SSSR count). The summed E-state index contributed by atoms with van der Waals surface area (Å²) >= 11 is 0. The Labute approximate surface area is 156 Å². The van der Waals surface area contributed by atoms with Gasteiger partial charge in [-0.15, -0.1) is 0 Å². The number of carbonyl (C=O) groups excluding carboxylic acids is 1. The van der Waals surface area contributed by atoms with Crippen LogP contribution in [0.4, 0.5) is 11.4 Å². The molecule has 1 amide bonds. The highest BCUT2D eigenvalue weighted by Gasteiger charge is 2.20. The minimum Gasteiger partial charge on any atom is -0.497 e. The summed E-state index contributed by atoms with van der Waals surface area (Å²) in [7, 11) is 1.57. The fourth-order valence-electron chi connectivity index (χ4n) is 2.72.